The summed E-state index contributed by atoms with van der Waals surface area (Å²) in [6, 6.07) is 61.4. The number of aromatic nitrogens is 2. The van der Waals surface area contributed by atoms with Gasteiger partial charge in [0.15, 0.2) is 0 Å². The van der Waals surface area contributed by atoms with Crippen LogP contribution in [-0.4, -0.2) is 9.13 Å². The second-order valence-corrected chi connectivity index (χ2v) is 12.9. The molecule has 0 saturated heterocycles. The molecule has 0 aliphatic carbocycles. The van der Waals surface area contributed by atoms with Gasteiger partial charge in [0.25, 0.3) is 0 Å². The molecule has 0 spiro atoms. The Hall–Kier alpha value is -6.58. The second kappa shape index (κ2) is 9.96. The summed E-state index contributed by atoms with van der Waals surface area (Å²) in [5.41, 5.74) is 11.3. The zero-order chi connectivity index (χ0) is 32.1. The van der Waals surface area contributed by atoms with Gasteiger partial charge in [-0.05, 0) is 82.6 Å². The molecule has 0 aliphatic heterocycles. The predicted molar refractivity (Wildman–Crippen MR) is 205 cm³/mol. The number of furan rings is 1. The fraction of sp³-hybridized carbons (Fsp3) is 0. The van der Waals surface area contributed by atoms with Crippen LogP contribution in [0.4, 0.5) is 0 Å². The SMILES string of the molecule is c1ccc2cc(-n3c4ccccc4c4c(-c5cccc6c5c5ccccc5n6-c5ccc6oc7ccccc7c6c5)cccc43)ccc2c1. The third-order valence-electron chi connectivity index (χ3n) is 10.3. The van der Waals surface area contributed by atoms with Crippen LogP contribution in [0.1, 0.15) is 0 Å². The summed E-state index contributed by atoms with van der Waals surface area (Å²) >= 11 is 0. The van der Waals surface area contributed by atoms with Gasteiger partial charge in [0.2, 0.25) is 0 Å². The first-order valence-corrected chi connectivity index (χ1v) is 16.8. The summed E-state index contributed by atoms with van der Waals surface area (Å²) in [4.78, 5) is 0. The molecule has 3 nitrogen and oxygen atoms in total. The van der Waals surface area contributed by atoms with E-state index in [1.54, 1.807) is 0 Å². The third-order valence-corrected chi connectivity index (χ3v) is 10.3. The molecule has 0 saturated carbocycles. The number of rotatable bonds is 3. The van der Waals surface area contributed by atoms with Crippen LogP contribution in [0, 0.1) is 0 Å². The van der Waals surface area contributed by atoms with E-state index < -0.39 is 0 Å². The number of hydrogen-bond acceptors (Lipinski definition) is 1. The summed E-state index contributed by atoms with van der Waals surface area (Å²) in [5, 5.41) is 9.75. The van der Waals surface area contributed by atoms with E-state index in [1.165, 1.54) is 71.2 Å². The van der Waals surface area contributed by atoms with Gasteiger partial charge in [0.1, 0.15) is 11.2 Å². The first-order chi connectivity index (χ1) is 24.3. The lowest BCUT2D eigenvalue weighted by atomic mass is 9.95. The standard InChI is InChI=1S/C46H28N2O/c1-2-12-30-27-31(24-23-29(30)11-1)47-39-18-6-3-14-36(39)45-34(16-9-20-41(45)47)35-17-10-21-42-46(35)37-15-4-7-19-40(37)48(42)32-25-26-44-38(28-32)33-13-5-8-22-43(33)49-44/h1-28H. The molecule has 11 aromatic rings. The third kappa shape index (κ3) is 3.73. The van der Waals surface area contributed by atoms with Gasteiger partial charge in [0.05, 0.1) is 22.1 Å². The average Bonchev–Trinajstić information content (AvgIpc) is 3.82. The van der Waals surface area contributed by atoms with Crippen LogP contribution in [0.15, 0.2) is 174 Å². The fourth-order valence-electron chi connectivity index (χ4n) is 8.21. The molecule has 0 fully saturated rings. The van der Waals surface area contributed by atoms with Crippen molar-refractivity contribution in [3.63, 3.8) is 0 Å². The minimum Gasteiger partial charge on any atom is -0.456 e. The highest BCUT2D eigenvalue weighted by Crippen LogP contribution is 2.44. The van der Waals surface area contributed by atoms with Crippen molar-refractivity contribution in [3.8, 4) is 22.5 Å². The van der Waals surface area contributed by atoms with Crippen LogP contribution in [0.2, 0.25) is 0 Å². The lowest BCUT2D eigenvalue weighted by Crippen LogP contribution is -1.94. The molecule has 0 atom stereocenters. The second-order valence-electron chi connectivity index (χ2n) is 12.9. The Morgan fingerprint density at radius 3 is 1.53 bits per heavy atom. The molecule has 228 valence electrons. The molecule has 49 heavy (non-hydrogen) atoms. The van der Waals surface area contributed by atoms with Crippen LogP contribution in [0.5, 0.6) is 0 Å². The van der Waals surface area contributed by atoms with Gasteiger partial charge in [-0.3, -0.25) is 0 Å². The highest BCUT2D eigenvalue weighted by molar-refractivity contribution is 6.22. The molecule has 0 radical (unpaired) electrons. The molecular formula is C46H28N2O. The van der Waals surface area contributed by atoms with Crippen molar-refractivity contribution in [1.82, 2.24) is 9.13 Å². The van der Waals surface area contributed by atoms with Gasteiger partial charge in [-0.15, -0.1) is 0 Å². The lowest BCUT2D eigenvalue weighted by molar-refractivity contribution is 0.669. The minimum atomic E-state index is 0.904. The van der Waals surface area contributed by atoms with E-state index in [4.69, 9.17) is 4.42 Å². The van der Waals surface area contributed by atoms with Gasteiger partial charge >= 0.3 is 0 Å². The molecule has 11 rings (SSSR count). The quantitative estimate of drug-likeness (QED) is 0.192. The van der Waals surface area contributed by atoms with Crippen LogP contribution in [0.3, 0.4) is 0 Å². The summed E-state index contributed by atoms with van der Waals surface area (Å²) in [5.74, 6) is 0. The van der Waals surface area contributed by atoms with Gasteiger partial charge in [-0.2, -0.15) is 0 Å². The van der Waals surface area contributed by atoms with E-state index in [-0.39, 0.29) is 0 Å². The van der Waals surface area contributed by atoms with Crippen molar-refractivity contribution < 1.29 is 4.42 Å². The molecule has 8 aromatic carbocycles. The Balaban J connectivity index is 1.21. The summed E-state index contributed by atoms with van der Waals surface area (Å²) in [6.07, 6.45) is 0. The zero-order valence-corrected chi connectivity index (χ0v) is 26.5. The first kappa shape index (κ1) is 26.5. The largest absolute Gasteiger partial charge is 0.456 e. The van der Waals surface area contributed by atoms with Gasteiger partial charge in [0, 0.05) is 43.7 Å². The van der Waals surface area contributed by atoms with E-state index in [1.807, 2.05) is 12.1 Å². The van der Waals surface area contributed by atoms with Crippen molar-refractivity contribution in [2.75, 3.05) is 0 Å². The van der Waals surface area contributed by atoms with E-state index in [9.17, 15) is 0 Å². The van der Waals surface area contributed by atoms with Crippen LogP contribution in [-0.2, 0) is 0 Å². The van der Waals surface area contributed by atoms with Crippen molar-refractivity contribution in [3.05, 3.63) is 170 Å². The Bertz CT molecular complexity index is 3120. The van der Waals surface area contributed by atoms with E-state index >= 15 is 0 Å². The van der Waals surface area contributed by atoms with Gasteiger partial charge in [-0.1, -0.05) is 109 Å². The summed E-state index contributed by atoms with van der Waals surface area (Å²) in [6.45, 7) is 0. The molecule has 0 N–H and O–H groups in total. The maximum atomic E-state index is 6.20. The number of hydrogen-bond donors (Lipinski definition) is 0. The molecule has 3 aromatic heterocycles. The summed E-state index contributed by atoms with van der Waals surface area (Å²) < 4.78 is 11.0. The first-order valence-electron chi connectivity index (χ1n) is 16.8. The molecule has 0 amide bonds. The molecular weight excluding hydrogens is 597 g/mol. The molecule has 0 bridgehead atoms. The molecule has 3 heterocycles. The van der Waals surface area contributed by atoms with Crippen molar-refractivity contribution in [2.24, 2.45) is 0 Å². The summed E-state index contributed by atoms with van der Waals surface area (Å²) in [7, 11) is 0. The molecule has 3 heteroatoms. The smallest absolute Gasteiger partial charge is 0.135 e. The lowest BCUT2D eigenvalue weighted by Gasteiger charge is -2.11. The number of fused-ring (bicyclic) bond motifs is 10. The fourth-order valence-corrected chi connectivity index (χ4v) is 8.21. The van der Waals surface area contributed by atoms with Gasteiger partial charge < -0.3 is 13.6 Å². The molecule has 0 unspecified atom stereocenters. The van der Waals surface area contributed by atoms with Crippen molar-refractivity contribution >= 4 is 76.3 Å². The number of benzene rings is 8. The highest BCUT2D eigenvalue weighted by Gasteiger charge is 2.21. The maximum Gasteiger partial charge on any atom is 0.135 e. The van der Waals surface area contributed by atoms with E-state index in [0.29, 0.717) is 0 Å². The van der Waals surface area contributed by atoms with Crippen LogP contribution >= 0.6 is 0 Å². The van der Waals surface area contributed by atoms with E-state index in [0.717, 1.165) is 27.6 Å². The normalized spacial score (nSPS) is 12.1. The zero-order valence-electron chi connectivity index (χ0n) is 26.5. The highest BCUT2D eigenvalue weighted by atomic mass is 16.3. The number of nitrogens with zero attached hydrogens (tertiary/aromatic N) is 2. The monoisotopic (exact) mass is 624 g/mol. The Kier molecular flexibility index (Phi) is 5.38. The Morgan fingerprint density at radius 1 is 0.327 bits per heavy atom. The van der Waals surface area contributed by atoms with Crippen molar-refractivity contribution in [2.45, 2.75) is 0 Å². The topological polar surface area (TPSA) is 23.0 Å². The predicted octanol–water partition coefficient (Wildman–Crippen LogP) is 12.6. The Morgan fingerprint density at radius 2 is 0.837 bits per heavy atom. The average molecular weight is 625 g/mol. The minimum absolute atomic E-state index is 0.904. The van der Waals surface area contributed by atoms with Crippen LogP contribution in [0.25, 0.3) is 98.8 Å². The van der Waals surface area contributed by atoms with Crippen LogP contribution < -0.4 is 0 Å². The van der Waals surface area contributed by atoms with Crippen molar-refractivity contribution in [1.29, 1.82) is 0 Å². The molecule has 0 aliphatic rings. The Labute approximate surface area is 281 Å². The van der Waals surface area contributed by atoms with E-state index in [2.05, 4.69) is 167 Å². The maximum absolute atomic E-state index is 6.20. The van der Waals surface area contributed by atoms with Gasteiger partial charge in [-0.25, -0.2) is 0 Å². The number of para-hydroxylation sites is 3.